The normalized spacial score (nSPS) is 9.58. The van der Waals surface area contributed by atoms with Gasteiger partial charge < -0.3 is 9.64 Å². The molecule has 3 nitrogen and oxygen atoms in total. The Bertz CT molecular complexity index is 248. The molecule has 1 aromatic heterocycles. The van der Waals surface area contributed by atoms with Crippen molar-refractivity contribution in [1.29, 1.82) is 0 Å². The molecule has 0 fully saturated rings. The van der Waals surface area contributed by atoms with Crippen LogP contribution in [-0.4, -0.2) is 25.7 Å². The molecule has 0 unspecified atom stereocenters. The van der Waals surface area contributed by atoms with Crippen molar-refractivity contribution >= 4 is 5.82 Å². The standard InChI is InChI=1S/C9H14N2O/c1-4-12-8-6-5-7-10-9(8)11(2)3/h5-7H,4H2,1-3H3. The summed E-state index contributed by atoms with van der Waals surface area (Å²) in [5.41, 5.74) is 0. The molecule has 66 valence electrons. The highest BCUT2D eigenvalue weighted by molar-refractivity contribution is 5.50. The summed E-state index contributed by atoms with van der Waals surface area (Å²) in [5.74, 6) is 1.71. The molecule has 1 aromatic rings. The highest BCUT2D eigenvalue weighted by Gasteiger charge is 2.04. The smallest absolute Gasteiger partial charge is 0.170 e. The number of ether oxygens (including phenoxy) is 1. The minimum absolute atomic E-state index is 0.673. The van der Waals surface area contributed by atoms with Crippen molar-refractivity contribution in [3.8, 4) is 5.75 Å². The van der Waals surface area contributed by atoms with Crippen LogP contribution in [0.15, 0.2) is 18.3 Å². The Morgan fingerprint density at radius 3 is 2.83 bits per heavy atom. The van der Waals surface area contributed by atoms with Gasteiger partial charge in [-0.15, -0.1) is 0 Å². The van der Waals surface area contributed by atoms with Gasteiger partial charge in [0.25, 0.3) is 0 Å². The number of hydrogen-bond acceptors (Lipinski definition) is 3. The second kappa shape index (κ2) is 3.95. The highest BCUT2D eigenvalue weighted by Crippen LogP contribution is 2.22. The third-order valence-corrected chi connectivity index (χ3v) is 1.47. The Morgan fingerprint density at radius 1 is 1.50 bits per heavy atom. The summed E-state index contributed by atoms with van der Waals surface area (Å²) in [6.07, 6.45) is 1.76. The maximum Gasteiger partial charge on any atom is 0.170 e. The van der Waals surface area contributed by atoms with Crippen molar-refractivity contribution in [2.45, 2.75) is 6.92 Å². The zero-order valence-corrected chi connectivity index (χ0v) is 7.74. The Kier molecular flexibility index (Phi) is 2.91. The van der Waals surface area contributed by atoms with Crippen molar-refractivity contribution in [3.05, 3.63) is 18.3 Å². The fraction of sp³-hybridized carbons (Fsp3) is 0.444. The molecule has 1 heterocycles. The molecule has 0 aliphatic carbocycles. The van der Waals surface area contributed by atoms with Crippen LogP contribution < -0.4 is 9.64 Å². The number of pyridine rings is 1. The van der Waals surface area contributed by atoms with E-state index in [0.717, 1.165) is 11.6 Å². The van der Waals surface area contributed by atoms with Crippen LogP contribution in [-0.2, 0) is 0 Å². The lowest BCUT2D eigenvalue weighted by Crippen LogP contribution is -2.12. The third-order valence-electron chi connectivity index (χ3n) is 1.47. The predicted molar refractivity (Wildman–Crippen MR) is 49.7 cm³/mol. The van der Waals surface area contributed by atoms with E-state index in [9.17, 15) is 0 Å². The second-order valence-corrected chi connectivity index (χ2v) is 2.65. The van der Waals surface area contributed by atoms with Crippen LogP contribution in [0, 0.1) is 0 Å². The van der Waals surface area contributed by atoms with Crippen LogP contribution in [0.2, 0.25) is 0 Å². The molecule has 0 bridgehead atoms. The van der Waals surface area contributed by atoms with Crippen molar-refractivity contribution < 1.29 is 4.74 Å². The largest absolute Gasteiger partial charge is 0.490 e. The van der Waals surface area contributed by atoms with Crippen LogP contribution in [0.5, 0.6) is 5.75 Å². The lowest BCUT2D eigenvalue weighted by molar-refractivity contribution is 0.339. The van der Waals surface area contributed by atoms with Gasteiger partial charge in [0.15, 0.2) is 11.6 Å². The molecule has 0 saturated carbocycles. The summed E-state index contributed by atoms with van der Waals surface area (Å²) < 4.78 is 5.39. The van der Waals surface area contributed by atoms with E-state index >= 15 is 0 Å². The fourth-order valence-corrected chi connectivity index (χ4v) is 0.986. The van der Waals surface area contributed by atoms with Crippen molar-refractivity contribution in [2.75, 3.05) is 25.6 Å². The number of nitrogens with zero attached hydrogens (tertiary/aromatic N) is 2. The molecule has 0 aliphatic heterocycles. The first-order chi connectivity index (χ1) is 5.75. The van der Waals surface area contributed by atoms with Gasteiger partial charge in [-0.25, -0.2) is 4.98 Å². The molecule has 0 aromatic carbocycles. The Morgan fingerprint density at radius 2 is 2.25 bits per heavy atom. The van der Waals surface area contributed by atoms with Gasteiger partial charge in [-0.3, -0.25) is 0 Å². The van der Waals surface area contributed by atoms with Crippen LogP contribution in [0.3, 0.4) is 0 Å². The summed E-state index contributed by atoms with van der Waals surface area (Å²) in [6.45, 7) is 2.64. The molecule has 0 aliphatic rings. The lowest BCUT2D eigenvalue weighted by atomic mass is 10.4. The predicted octanol–water partition coefficient (Wildman–Crippen LogP) is 1.55. The molecule has 0 saturated heterocycles. The van der Waals surface area contributed by atoms with E-state index in [4.69, 9.17) is 4.74 Å². The van der Waals surface area contributed by atoms with Gasteiger partial charge in [0.2, 0.25) is 0 Å². The van der Waals surface area contributed by atoms with Crippen LogP contribution >= 0.6 is 0 Å². The summed E-state index contributed by atoms with van der Waals surface area (Å²) in [6, 6.07) is 3.80. The molecule has 0 atom stereocenters. The number of rotatable bonds is 3. The summed E-state index contributed by atoms with van der Waals surface area (Å²) in [4.78, 5) is 6.13. The Hall–Kier alpha value is -1.25. The maximum atomic E-state index is 5.39. The number of anilines is 1. The molecular formula is C9H14N2O. The minimum Gasteiger partial charge on any atom is -0.490 e. The zero-order chi connectivity index (χ0) is 8.97. The van der Waals surface area contributed by atoms with E-state index in [-0.39, 0.29) is 0 Å². The van der Waals surface area contributed by atoms with E-state index in [1.54, 1.807) is 6.20 Å². The summed E-state index contributed by atoms with van der Waals surface area (Å²) in [7, 11) is 3.90. The lowest BCUT2D eigenvalue weighted by Gasteiger charge is -2.15. The van der Waals surface area contributed by atoms with Gasteiger partial charge in [0.1, 0.15) is 0 Å². The van der Waals surface area contributed by atoms with Crippen LogP contribution in [0.4, 0.5) is 5.82 Å². The summed E-state index contributed by atoms with van der Waals surface area (Å²) in [5, 5.41) is 0. The van der Waals surface area contributed by atoms with Gasteiger partial charge in [0, 0.05) is 20.3 Å². The van der Waals surface area contributed by atoms with Gasteiger partial charge in [0.05, 0.1) is 6.61 Å². The Labute approximate surface area is 73.0 Å². The monoisotopic (exact) mass is 166 g/mol. The topological polar surface area (TPSA) is 25.4 Å². The molecule has 12 heavy (non-hydrogen) atoms. The van der Waals surface area contributed by atoms with E-state index in [0.29, 0.717) is 6.61 Å². The van der Waals surface area contributed by atoms with E-state index in [1.165, 1.54) is 0 Å². The summed E-state index contributed by atoms with van der Waals surface area (Å²) >= 11 is 0. The molecule has 0 radical (unpaired) electrons. The van der Waals surface area contributed by atoms with Crippen LogP contribution in [0.1, 0.15) is 6.92 Å². The SMILES string of the molecule is CCOc1cccnc1N(C)C. The van der Waals surface area contributed by atoms with E-state index < -0.39 is 0 Å². The number of aromatic nitrogens is 1. The zero-order valence-electron chi connectivity index (χ0n) is 7.74. The highest BCUT2D eigenvalue weighted by atomic mass is 16.5. The first-order valence-electron chi connectivity index (χ1n) is 4.01. The second-order valence-electron chi connectivity index (χ2n) is 2.65. The van der Waals surface area contributed by atoms with Crippen LogP contribution in [0.25, 0.3) is 0 Å². The third kappa shape index (κ3) is 1.87. The molecule has 3 heteroatoms. The average Bonchev–Trinajstić information content (AvgIpc) is 2.05. The maximum absolute atomic E-state index is 5.39. The number of hydrogen-bond donors (Lipinski definition) is 0. The van der Waals surface area contributed by atoms with Gasteiger partial charge in [-0.2, -0.15) is 0 Å². The van der Waals surface area contributed by atoms with Gasteiger partial charge in [-0.1, -0.05) is 0 Å². The van der Waals surface area contributed by atoms with E-state index in [2.05, 4.69) is 4.98 Å². The van der Waals surface area contributed by atoms with Gasteiger partial charge in [-0.05, 0) is 19.1 Å². The molecule has 0 N–H and O–H groups in total. The van der Waals surface area contributed by atoms with Gasteiger partial charge >= 0.3 is 0 Å². The fourth-order valence-electron chi connectivity index (χ4n) is 0.986. The van der Waals surface area contributed by atoms with E-state index in [1.807, 2.05) is 38.1 Å². The first-order valence-corrected chi connectivity index (χ1v) is 4.01. The first kappa shape index (κ1) is 8.84. The van der Waals surface area contributed by atoms with Crippen molar-refractivity contribution in [3.63, 3.8) is 0 Å². The molecular weight excluding hydrogens is 152 g/mol. The average molecular weight is 166 g/mol. The quantitative estimate of drug-likeness (QED) is 0.681. The molecule has 0 spiro atoms. The molecule has 0 amide bonds. The van der Waals surface area contributed by atoms with Crippen molar-refractivity contribution in [1.82, 2.24) is 4.98 Å². The minimum atomic E-state index is 0.673. The van der Waals surface area contributed by atoms with Crippen molar-refractivity contribution in [2.24, 2.45) is 0 Å². The molecule has 1 rings (SSSR count). The Balaban J connectivity index is 2.92.